The van der Waals surface area contributed by atoms with Crippen LogP contribution in [0.5, 0.6) is 0 Å². The fourth-order valence-electron chi connectivity index (χ4n) is 2.62. The summed E-state index contributed by atoms with van der Waals surface area (Å²) in [6, 6.07) is 0.0639. The van der Waals surface area contributed by atoms with Crippen LogP contribution in [0.15, 0.2) is 0 Å². The molecule has 8 heteroatoms. The van der Waals surface area contributed by atoms with Gasteiger partial charge in [-0.15, -0.1) is 0 Å². The highest BCUT2D eigenvalue weighted by Gasteiger charge is 2.29. The molecule has 2 heterocycles. The second-order valence-electron chi connectivity index (χ2n) is 5.50. The number of hydrogen-bond donors (Lipinski definition) is 1. The quantitative estimate of drug-likeness (QED) is 0.769. The zero-order valence-electron chi connectivity index (χ0n) is 12.0. The summed E-state index contributed by atoms with van der Waals surface area (Å²) in [6.45, 7) is 4.66. The van der Waals surface area contributed by atoms with Gasteiger partial charge in [-0.1, -0.05) is 0 Å². The van der Waals surface area contributed by atoms with Crippen LogP contribution in [0, 0.1) is 0 Å². The summed E-state index contributed by atoms with van der Waals surface area (Å²) >= 11 is 0. The summed E-state index contributed by atoms with van der Waals surface area (Å²) in [6.07, 6.45) is 2.55. The Morgan fingerprint density at radius 3 is 2.45 bits per heavy atom. The minimum atomic E-state index is -3.11. The molecule has 0 radical (unpaired) electrons. The number of ether oxygens (including phenoxy) is 1. The van der Waals surface area contributed by atoms with Crippen LogP contribution in [0.2, 0.25) is 0 Å². The molecule has 1 atom stereocenters. The van der Waals surface area contributed by atoms with Gasteiger partial charge in [0.25, 0.3) is 0 Å². The Labute approximate surface area is 120 Å². The maximum Gasteiger partial charge on any atom is 0.318 e. The number of piperidine rings is 1. The minimum Gasteiger partial charge on any atom is -0.377 e. The van der Waals surface area contributed by atoms with E-state index in [9.17, 15) is 13.2 Å². The van der Waals surface area contributed by atoms with Gasteiger partial charge >= 0.3 is 6.03 Å². The summed E-state index contributed by atoms with van der Waals surface area (Å²) < 4.78 is 29.6. The van der Waals surface area contributed by atoms with Gasteiger partial charge in [0, 0.05) is 25.7 Å². The van der Waals surface area contributed by atoms with Gasteiger partial charge in [-0.05, 0) is 19.8 Å². The van der Waals surface area contributed by atoms with Crippen molar-refractivity contribution >= 4 is 16.1 Å². The summed E-state index contributed by atoms with van der Waals surface area (Å²) in [5.41, 5.74) is 0. The number of hydrogen-bond acceptors (Lipinski definition) is 4. The Balaban J connectivity index is 1.82. The highest BCUT2D eigenvalue weighted by molar-refractivity contribution is 7.88. The molecule has 0 aromatic carbocycles. The van der Waals surface area contributed by atoms with Crippen LogP contribution >= 0.6 is 0 Å². The molecule has 2 amide bonds. The van der Waals surface area contributed by atoms with Gasteiger partial charge in [0.1, 0.15) is 0 Å². The van der Waals surface area contributed by atoms with Crippen molar-refractivity contribution in [2.45, 2.75) is 31.8 Å². The molecule has 0 aliphatic carbocycles. The molecular weight excluding hydrogens is 282 g/mol. The number of carbonyl (C=O) groups excluding carboxylic acids is 1. The maximum atomic E-state index is 12.2. The standard InChI is InChI=1S/C12H23N3O4S/c1-10-9-19-8-7-15(10)12(16)13-11-3-5-14(6-4-11)20(2,17)18/h10-11H,3-9H2,1-2H3,(H,13,16)/t10-/m1/s1. The van der Waals surface area contributed by atoms with E-state index >= 15 is 0 Å². The van der Waals surface area contributed by atoms with Crippen LogP contribution in [0.1, 0.15) is 19.8 Å². The SMILES string of the molecule is C[C@@H]1COCCN1C(=O)NC1CCN(S(C)(=O)=O)CC1. The molecule has 0 unspecified atom stereocenters. The van der Waals surface area contributed by atoms with Crippen LogP contribution in [0.4, 0.5) is 4.79 Å². The van der Waals surface area contributed by atoms with Crippen molar-refractivity contribution < 1.29 is 17.9 Å². The largest absolute Gasteiger partial charge is 0.377 e. The Morgan fingerprint density at radius 1 is 1.25 bits per heavy atom. The lowest BCUT2D eigenvalue weighted by atomic mass is 10.1. The van der Waals surface area contributed by atoms with Gasteiger partial charge in [-0.3, -0.25) is 0 Å². The molecular formula is C12H23N3O4S. The predicted molar refractivity (Wildman–Crippen MR) is 75.0 cm³/mol. The predicted octanol–water partition coefficient (Wildman–Crippen LogP) is -0.159. The van der Waals surface area contributed by atoms with Crippen LogP contribution in [0.3, 0.4) is 0 Å². The van der Waals surface area contributed by atoms with Gasteiger partial charge in [0.15, 0.2) is 0 Å². The van der Waals surface area contributed by atoms with Crippen molar-refractivity contribution in [3.8, 4) is 0 Å². The number of urea groups is 1. The summed E-state index contributed by atoms with van der Waals surface area (Å²) in [4.78, 5) is 14.0. The second-order valence-corrected chi connectivity index (χ2v) is 7.49. The minimum absolute atomic E-state index is 0.0514. The third-order valence-corrected chi connectivity index (χ3v) is 5.18. The lowest BCUT2D eigenvalue weighted by Crippen LogP contribution is -2.55. The number of sulfonamides is 1. The van der Waals surface area contributed by atoms with Crippen molar-refractivity contribution in [3.63, 3.8) is 0 Å². The van der Waals surface area contributed by atoms with Crippen LogP contribution in [0.25, 0.3) is 0 Å². The molecule has 0 bridgehead atoms. The maximum absolute atomic E-state index is 12.2. The number of carbonyl (C=O) groups is 1. The summed E-state index contributed by atoms with van der Waals surface area (Å²) in [5.74, 6) is 0. The first kappa shape index (κ1) is 15.5. The van der Waals surface area contributed by atoms with Crippen molar-refractivity contribution in [2.24, 2.45) is 0 Å². The molecule has 2 rings (SSSR count). The Bertz CT molecular complexity index is 446. The summed E-state index contributed by atoms with van der Waals surface area (Å²) in [5, 5.41) is 3.00. The third-order valence-electron chi connectivity index (χ3n) is 3.88. The van der Waals surface area contributed by atoms with Gasteiger partial charge in [-0.2, -0.15) is 0 Å². The molecule has 2 fully saturated rings. The lowest BCUT2D eigenvalue weighted by molar-refractivity contribution is 0.0180. The smallest absolute Gasteiger partial charge is 0.318 e. The van der Waals surface area contributed by atoms with E-state index in [4.69, 9.17) is 4.74 Å². The van der Waals surface area contributed by atoms with Gasteiger partial charge in [-0.25, -0.2) is 17.5 Å². The molecule has 0 saturated carbocycles. The molecule has 7 nitrogen and oxygen atoms in total. The fraction of sp³-hybridized carbons (Fsp3) is 0.917. The second kappa shape index (κ2) is 6.28. The number of nitrogens with zero attached hydrogens (tertiary/aromatic N) is 2. The van der Waals surface area contributed by atoms with Gasteiger partial charge < -0.3 is 15.0 Å². The first-order chi connectivity index (χ1) is 9.38. The van der Waals surface area contributed by atoms with E-state index in [1.165, 1.54) is 10.6 Å². The van der Waals surface area contributed by atoms with E-state index in [-0.39, 0.29) is 18.1 Å². The molecule has 2 aliphatic rings. The zero-order valence-corrected chi connectivity index (χ0v) is 12.9. The highest BCUT2D eigenvalue weighted by Crippen LogP contribution is 2.14. The molecule has 116 valence electrons. The van der Waals surface area contributed by atoms with E-state index in [0.717, 1.165) is 0 Å². The molecule has 2 saturated heterocycles. The molecule has 20 heavy (non-hydrogen) atoms. The first-order valence-electron chi connectivity index (χ1n) is 6.98. The third kappa shape index (κ3) is 3.83. The average molecular weight is 305 g/mol. The van der Waals surface area contributed by atoms with E-state index in [2.05, 4.69) is 5.32 Å². The number of morpholine rings is 1. The van der Waals surface area contributed by atoms with Crippen LogP contribution in [-0.4, -0.2) is 74.8 Å². The molecule has 0 spiro atoms. The zero-order chi connectivity index (χ0) is 14.8. The molecule has 1 N–H and O–H groups in total. The topological polar surface area (TPSA) is 79.0 Å². The van der Waals surface area contributed by atoms with E-state index in [1.54, 1.807) is 4.90 Å². The fourth-order valence-corrected chi connectivity index (χ4v) is 3.49. The van der Waals surface area contributed by atoms with Crippen molar-refractivity contribution in [3.05, 3.63) is 0 Å². The van der Waals surface area contributed by atoms with Crippen molar-refractivity contribution in [1.29, 1.82) is 0 Å². The summed E-state index contributed by atoms with van der Waals surface area (Å²) in [7, 11) is -3.11. The Hall–Kier alpha value is -0.860. The van der Waals surface area contributed by atoms with Crippen LogP contribution < -0.4 is 5.32 Å². The molecule has 0 aromatic rings. The first-order valence-corrected chi connectivity index (χ1v) is 8.83. The van der Waals surface area contributed by atoms with Crippen LogP contribution in [-0.2, 0) is 14.8 Å². The van der Waals surface area contributed by atoms with Gasteiger partial charge in [0.2, 0.25) is 10.0 Å². The number of rotatable bonds is 2. The Kier molecular flexibility index (Phi) is 4.87. The van der Waals surface area contributed by atoms with Crippen molar-refractivity contribution in [2.75, 3.05) is 39.1 Å². The number of nitrogens with one attached hydrogen (secondary N) is 1. The van der Waals surface area contributed by atoms with E-state index in [1.807, 2.05) is 6.92 Å². The number of amides is 2. The van der Waals surface area contributed by atoms with Crippen molar-refractivity contribution in [1.82, 2.24) is 14.5 Å². The van der Waals surface area contributed by atoms with E-state index in [0.29, 0.717) is 45.7 Å². The normalized spacial score (nSPS) is 26.5. The average Bonchev–Trinajstić information content (AvgIpc) is 2.38. The van der Waals surface area contributed by atoms with Gasteiger partial charge in [0.05, 0.1) is 25.5 Å². The molecule has 0 aromatic heterocycles. The highest BCUT2D eigenvalue weighted by atomic mass is 32.2. The monoisotopic (exact) mass is 305 g/mol. The Morgan fingerprint density at radius 2 is 1.90 bits per heavy atom. The molecule has 2 aliphatic heterocycles. The lowest BCUT2D eigenvalue weighted by Gasteiger charge is -2.36. The van der Waals surface area contributed by atoms with E-state index < -0.39 is 10.0 Å².